The van der Waals surface area contributed by atoms with E-state index in [9.17, 15) is 4.39 Å². The van der Waals surface area contributed by atoms with Crippen LogP contribution in [0.3, 0.4) is 0 Å². The Kier molecular flexibility index (Phi) is 5.99. The van der Waals surface area contributed by atoms with E-state index in [1.165, 1.54) is 6.07 Å². The Morgan fingerprint density at radius 1 is 1.53 bits per heavy atom. The van der Waals surface area contributed by atoms with E-state index in [0.29, 0.717) is 18.7 Å². The van der Waals surface area contributed by atoms with Crippen LogP contribution in [0.25, 0.3) is 0 Å². The van der Waals surface area contributed by atoms with E-state index >= 15 is 0 Å². The third-order valence-electron chi connectivity index (χ3n) is 2.41. The lowest BCUT2D eigenvalue weighted by molar-refractivity contribution is 0.512. The van der Waals surface area contributed by atoms with Crippen LogP contribution in [-0.4, -0.2) is 13.1 Å². The van der Waals surface area contributed by atoms with E-state index < -0.39 is 5.82 Å². The number of rotatable bonds is 5. The summed E-state index contributed by atoms with van der Waals surface area (Å²) in [5.41, 5.74) is 6.13. The zero-order chi connectivity index (χ0) is 12.7. The predicted octanol–water partition coefficient (Wildman–Crippen LogP) is 2.48. The lowest BCUT2D eigenvalue weighted by Crippen LogP contribution is -2.29. The minimum absolute atomic E-state index is 0.121. The topological polar surface area (TPSA) is 38.0 Å². The fraction of sp³-hybridized carbons (Fsp3) is 0.385. The van der Waals surface area contributed by atoms with Gasteiger partial charge in [-0.3, -0.25) is 0 Å². The molecule has 1 aromatic rings. The average molecular weight is 255 g/mol. The van der Waals surface area contributed by atoms with Crippen molar-refractivity contribution < 1.29 is 4.39 Å². The van der Waals surface area contributed by atoms with Gasteiger partial charge in [-0.1, -0.05) is 23.7 Å². The van der Waals surface area contributed by atoms with Crippen molar-refractivity contribution in [3.05, 3.63) is 34.6 Å². The Morgan fingerprint density at radius 3 is 2.94 bits per heavy atom. The van der Waals surface area contributed by atoms with Gasteiger partial charge in [-0.15, -0.1) is 11.8 Å². The van der Waals surface area contributed by atoms with Crippen molar-refractivity contribution in [3.63, 3.8) is 0 Å². The number of nitrogens with two attached hydrogens (primary N) is 1. The minimum atomic E-state index is -0.404. The summed E-state index contributed by atoms with van der Waals surface area (Å²) in [6.07, 6.45) is 0.717. The van der Waals surface area contributed by atoms with E-state index in [1.807, 2.05) is 0 Å². The van der Waals surface area contributed by atoms with Crippen LogP contribution in [0.5, 0.6) is 0 Å². The first kappa shape index (κ1) is 14.0. The summed E-state index contributed by atoms with van der Waals surface area (Å²) in [6.45, 7) is 2.78. The van der Waals surface area contributed by atoms with Gasteiger partial charge in [-0.05, 0) is 13.0 Å². The van der Waals surface area contributed by atoms with Gasteiger partial charge in [-0.25, -0.2) is 4.39 Å². The Hall–Kier alpha value is -1.08. The molecule has 0 saturated heterocycles. The molecule has 0 heterocycles. The van der Waals surface area contributed by atoms with Crippen molar-refractivity contribution in [3.8, 4) is 11.8 Å². The van der Waals surface area contributed by atoms with Gasteiger partial charge < -0.3 is 11.1 Å². The highest BCUT2D eigenvalue weighted by Crippen LogP contribution is 2.22. The van der Waals surface area contributed by atoms with Crippen LogP contribution in [0.2, 0.25) is 5.02 Å². The van der Waals surface area contributed by atoms with Gasteiger partial charge in [0.05, 0.1) is 5.02 Å². The second kappa shape index (κ2) is 7.29. The molecular weight excluding hydrogens is 239 g/mol. The predicted molar refractivity (Wildman–Crippen MR) is 69.3 cm³/mol. The van der Waals surface area contributed by atoms with Crippen molar-refractivity contribution in [1.29, 1.82) is 0 Å². The molecule has 4 heteroatoms. The first-order valence-corrected chi connectivity index (χ1v) is 5.85. The molecule has 3 N–H and O–H groups in total. The highest BCUT2D eigenvalue weighted by atomic mass is 35.5. The lowest BCUT2D eigenvalue weighted by Gasteiger charge is -2.17. The molecule has 1 unspecified atom stereocenters. The molecule has 1 atom stereocenters. The molecule has 0 aromatic heterocycles. The Balaban J connectivity index is 2.71. The first-order chi connectivity index (χ1) is 8.20. The van der Waals surface area contributed by atoms with Gasteiger partial charge in [0.15, 0.2) is 0 Å². The van der Waals surface area contributed by atoms with E-state index in [-0.39, 0.29) is 11.1 Å². The Bertz CT molecular complexity index is 423. The van der Waals surface area contributed by atoms with E-state index in [1.54, 1.807) is 19.1 Å². The molecule has 2 nitrogen and oxygen atoms in total. The second-order valence-corrected chi connectivity index (χ2v) is 3.97. The molecule has 1 rings (SSSR count). The molecule has 0 spiro atoms. The second-order valence-electron chi connectivity index (χ2n) is 3.56. The smallest absolute Gasteiger partial charge is 0.146 e. The summed E-state index contributed by atoms with van der Waals surface area (Å²) >= 11 is 5.73. The number of halogens is 2. The third-order valence-corrected chi connectivity index (χ3v) is 2.70. The first-order valence-electron chi connectivity index (χ1n) is 5.47. The SMILES string of the molecule is CC#CCCNC(CN)c1cccc(Cl)c1F. The zero-order valence-corrected chi connectivity index (χ0v) is 10.5. The van der Waals surface area contributed by atoms with Gasteiger partial charge in [-0.2, -0.15) is 0 Å². The van der Waals surface area contributed by atoms with Crippen LogP contribution in [-0.2, 0) is 0 Å². The maximum Gasteiger partial charge on any atom is 0.146 e. The quantitative estimate of drug-likeness (QED) is 0.626. The Labute approximate surface area is 106 Å². The summed E-state index contributed by atoms with van der Waals surface area (Å²) in [7, 11) is 0. The van der Waals surface area contributed by atoms with Crippen molar-refractivity contribution in [1.82, 2.24) is 5.32 Å². The van der Waals surface area contributed by atoms with Gasteiger partial charge in [0.25, 0.3) is 0 Å². The summed E-state index contributed by atoms with van der Waals surface area (Å²) in [6, 6.07) is 4.71. The van der Waals surface area contributed by atoms with Crippen LogP contribution >= 0.6 is 11.6 Å². The van der Waals surface area contributed by atoms with E-state index in [0.717, 1.165) is 6.42 Å². The molecular formula is C13H16ClFN2. The highest BCUT2D eigenvalue weighted by molar-refractivity contribution is 6.30. The standard InChI is InChI=1S/C13H16ClFN2/c1-2-3-4-8-17-12(9-16)10-6-5-7-11(14)13(10)15/h5-7,12,17H,4,8-9,16H2,1H3. The summed E-state index contributed by atoms with van der Waals surface area (Å²) in [4.78, 5) is 0. The van der Waals surface area contributed by atoms with Crippen LogP contribution < -0.4 is 11.1 Å². The summed E-state index contributed by atoms with van der Waals surface area (Å²) in [5.74, 6) is 5.33. The molecule has 0 fully saturated rings. The van der Waals surface area contributed by atoms with Crippen LogP contribution in [0.1, 0.15) is 24.9 Å². The normalized spacial score (nSPS) is 11.8. The average Bonchev–Trinajstić information content (AvgIpc) is 2.34. The lowest BCUT2D eigenvalue weighted by atomic mass is 10.1. The van der Waals surface area contributed by atoms with Gasteiger partial charge in [0, 0.05) is 31.1 Å². The van der Waals surface area contributed by atoms with E-state index in [4.69, 9.17) is 17.3 Å². The van der Waals surface area contributed by atoms with Crippen LogP contribution in [0.4, 0.5) is 4.39 Å². The highest BCUT2D eigenvalue weighted by Gasteiger charge is 2.15. The largest absolute Gasteiger partial charge is 0.329 e. The number of hydrogen-bond donors (Lipinski definition) is 2. The number of hydrogen-bond acceptors (Lipinski definition) is 2. The molecule has 0 aliphatic carbocycles. The molecule has 0 amide bonds. The zero-order valence-electron chi connectivity index (χ0n) is 9.76. The monoisotopic (exact) mass is 254 g/mol. The molecule has 1 aromatic carbocycles. The van der Waals surface area contributed by atoms with Crippen molar-refractivity contribution in [2.75, 3.05) is 13.1 Å². The van der Waals surface area contributed by atoms with Gasteiger partial charge in [0.1, 0.15) is 5.82 Å². The number of nitrogens with one attached hydrogen (secondary N) is 1. The molecule has 0 aliphatic rings. The summed E-state index contributed by atoms with van der Waals surface area (Å²) in [5, 5.41) is 3.28. The van der Waals surface area contributed by atoms with Crippen molar-refractivity contribution in [2.45, 2.75) is 19.4 Å². The van der Waals surface area contributed by atoms with Crippen molar-refractivity contribution in [2.24, 2.45) is 5.73 Å². The fourth-order valence-corrected chi connectivity index (χ4v) is 1.73. The molecule has 17 heavy (non-hydrogen) atoms. The molecule has 92 valence electrons. The van der Waals surface area contributed by atoms with Crippen LogP contribution in [0.15, 0.2) is 18.2 Å². The molecule has 0 bridgehead atoms. The molecule has 0 saturated carbocycles. The van der Waals surface area contributed by atoms with E-state index in [2.05, 4.69) is 17.2 Å². The van der Waals surface area contributed by atoms with Gasteiger partial charge >= 0.3 is 0 Å². The molecule has 0 aliphatic heterocycles. The maximum absolute atomic E-state index is 13.8. The summed E-state index contributed by atoms with van der Waals surface area (Å²) < 4.78 is 13.8. The molecule has 0 radical (unpaired) electrons. The minimum Gasteiger partial charge on any atom is -0.329 e. The fourth-order valence-electron chi connectivity index (χ4n) is 1.54. The van der Waals surface area contributed by atoms with Gasteiger partial charge in [0.2, 0.25) is 0 Å². The third kappa shape index (κ3) is 4.01. The maximum atomic E-state index is 13.8. The van der Waals surface area contributed by atoms with Crippen molar-refractivity contribution >= 4 is 11.6 Å². The number of benzene rings is 1. The Morgan fingerprint density at radius 2 is 2.29 bits per heavy atom. The van der Waals surface area contributed by atoms with Crippen LogP contribution in [0, 0.1) is 17.7 Å².